The van der Waals surface area contributed by atoms with E-state index >= 15 is 0 Å². The number of carbonyl (C=O) groups is 2. The molecule has 0 aromatic rings. The molecule has 0 fully saturated rings. The number of carboxylic acid groups (broad SMARTS) is 1. The molecular weight excluding hydrogens is 196 g/mol. The molecule has 0 spiro atoms. The average molecular weight is 208 g/mol. The maximum Gasteiger partial charge on any atom is 0.518 e. The van der Waals surface area contributed by atoms with E-state index in [-0.39, 0.29) is 19.8 Å². The van der Waals surface area contributed by atoms with Gasteiger partial charge in [0.1, 0.15) is 6.61 Å². The number of aliphatic hydroxyl groups excluding tert-OH is 2. The van der Waals surface area contributed by atoms with E-state index < -0.39 is 12.3 Å². The molecule has 7 heteroatoms. The fourth-order valence-electron chi connectivity index (χ4n) is 0.228. The summed E-state index contributed by atoms with van der Waals surface area (Å²) >= 11 is 0. The van der Waals surface area contributed by atoms with Gasteiger partial charge in [0.2, 0.25) is 0 Å². The number of ether oxygens (including phenoxy) is 2. The van der Waals surface area contributed by atoms with Gasteiger partial charge in [-0.05, 0) is 0 Å². The second kappa shape index (κ2) is 11.4. The van der Waals surface area contributed by atoms with Crippen molar-refractivity contribution in [2.75, 3.05) is 19.8 Å². The van der Waals surface area contributed by atoms with E-state index in [4.69, 9.17) is 15.3 Å². The maximum absolute atomic E-state index is 10.1. The van der Waals surface area contributed by atoms with Crippen LogP contribution in [0, 0.1) is 0 Å². The van der Waals surface area contributed by atoms with E-state index in [2.05, 4.69) is 16.1 Å². The van der Waals surface area contributed by atoms with Gasteiger partial charge in [-0.2, -0.15) is 0 Å². The van der Waals surface area contributed by atoms with Gasteiger partial charge in [0.05, 0.1) is 13.2 Å². The normalized spacial score (nSPS) is 7.86. The predicted octanol–water partition coefficient (Wildman–Crippen LogP) is -0.0254. The van der Waals surface area contributed by atoms with Gasteiger partial charge in [-0.25, -0.2) is 9.59 Å². The van der Waals surface area contributed by atoms with Crippen molar-refractivity contribution in [3.8, 4) is 0 Å². The van der Waals surface area contributed by atoms with Gasteiger partial charge >= 0.3 is 12.3 Å². The van der Waals surface area contributed by atoms with Crippen LogP contribution in [0.15, 0.2) is 12.7 Å². The third-order valence-corrected chi connectivity index (χ3v) is 0.590. The quantitative estimate of drug-likeness (QED) is 0.339. The minimum atomic E-state index is -1.69. The van der Waals surface area contributed by atoms with Crippen molar-refractivity contribution in [3.05, 3.63) is 12.7 Å². The zero-order valence-corrected chi connectivity index (χ0v) is 7.38. The van der Waals surface area contributed by atoms with Crippen LogP contribution >= 0.6 is 0 Å². The van der Waals surface area contributed by atoms with Crippen molar-refractivity contribution < 1.29 is 34.4 Å². The molecule has 0 aliphatic rings. The maximum atomic E-state index is 10.1. The summed E-state index contributed by atoms with van der Waals surface area (Å²) in [4.78, 5) is 19.8. The zero-order chi connectivity index (χ0) is 11.4. The monoisotopic (exact) mass is 208 g/mol. The topological polar surface area (TPSA) is 113 Å². The third-order valence-electron chi connectivity index (χ3n) is 0.590. The number of hydrogen-bond donors (Lipinski definition) is 3. The summed E-state index contributed by atoms with van der Waals surface area (Å²) in [6.07, 6.45) is -1.63. The van der Waals surface area contributed by atoms with E-state index in [0.29, 0.717) is 0 Å². The summed E-state index contributed by atoms with van der Waals surface area (Å²) < 4.78 is 7.70. The summed E-state index contributed by atoms with van der Waals surface area (Å²) in [5.41, 5.74) is 0. The van der Waals surface area contributed by atoms with Gasteiger partial charge in [0.25, 0.3) is 0 Å². The fraction of sp³-hybridized carbons (Fsp3) is 0.429. The zero-order valence-electron chi connectivity index (χ0n) is 7.38. The van der Waals surface area contributed by atoms with Crippen molar-refractivity contribution in [2.24, 2.45) is 0 Å². The molecule has 7 nitrogen and oxygen atoms in total. The Kier molecular flexibility index (Phi) is 12.1. The molecule has 0 aromatic heterocycles. The van der Waals surface area contributed by atoms with Gasteiger partial charge in [-0.3, -0.25) is 0 Å². The Balaban J connectivity index is 0. The molecule has 0 saturated heterocycles. The van der Waals surface area contributed by atoms with Crippen LogP contribution in [-0.4, -0.2) is 47.5 Å². The molecule has 0 unspecified atom stereocenters. The van der Waals surface area contributed by atoms with Gasteiger partial charge in [0.15, 0.2) is 0 Å². The van der Waals surface area contributed by atoms with Crippen LogP contribution < -0.4 is 0 Å². The highest BCUT2D eigenvalue weighted by atomic mass is 16.8. The molecule has 0 aromatic carbocycles. The van der Waals surface area contributed by atoms with Crippen LogP contribution in [0.2, 0.25) is 0 Å². The van der Waals surface area contributed by atoms with E-state index in [1.807, 2.05) is 0 Å². The summed E-state index contributed by atoms with van der Waals surface area (Å²) in [7, 11) is 0. The number of hydrogen-bond acceptors (Lipinski definition) is 6. The first-order valence-electron chi connectivity index (χ1n) is 3.48. The van der Waals surface area contributed by atoms with Crippen molar-refractivity contribution in [1.82, 2.24) is 0 Å². The summed E-state index contributed by atoms with van der Waals surface area (Å²) in [5.74, 6) is 0. The largest absolute Gasteiger partial charge is 0.518 e. The lowest BCUT2D eigenvalue weighted by Crippen LogP contribution is -2.11. The van der Waals surface area contributed by atoms with E-state index in [9.17, 15) is 9.59 Å². The SMILES string of the molecule is C=CCOC(=O)OC(=O)O.OCCO. The number of carbonyl (C=O) groups excluding carboxylic acids is 1. The molecule has 0 rings (SSSR count). The third kappa shape index (κ3) is 16.8. The molecule has 0 atom stereocenters. The Bertz CT molecular complexity index is 175. The number of aliphatic hydroxyl groups is 2. The van der Waals surface area contributed by atoms with Gasteiger partial charge < -0.3 is 24.8 Å². The van der Waals surface area contributed by atoms with Crippen LogP contribution in [0.3, 0.4) is 0 Å². The second-order valence-corrected chi connectivity index (χ2v) is 1.66. The highest BCUT2D eigenvalue weighted by Crippen LogP contribution is 1.85. The lowest BCUT2D eigenvalue weighted by Gasteiger charge is -1.96. The second-order valence-electron chi connectivity index (χ2n) is 1.66. The smallest absolute Gasteiger partial charge is 0.449 e. The Morgan fingerprint density at radius 3 is 2.07 bits per heavy atom. The van der Waals surface area contributed by atoms with E-state index in [1.165, 1.54) is 6.08 Å². The molecule has 14 heavy (non-hydrogen) atoms. The molecule has 0 aliphatic carbocycles. The van der Waals surface area contributed by atoms with E-state index in [0.717, 1.165) is 0 Å². The first kappa shape index (κ1) is 14.9. The molecule has 0 saturated carbocycles. The van der Waals surface area contributed by atoms with Crippen molar-refractivity contribution in [3.63, 3.8) is 0 Å². The molecule has 0 bridgehead atoms. The Morgan fingerprint density at radius 2 is 1.79 bits per heavy atom. The first-order chi connectivity index (χ1) is 6.58. The summed E-state index contributed by atoms with van der Waals surface area (Å²) in [5, 5.41) is 23.1. The molecule has 82 valence electrons. The van der Waals surface area contributed by atoms with Crippen LogP contribution in [-0.2, 0) is 9.47 Å². The highest BCUT2D eigenvalue weighted by molar-refractivity contribution is 5.75. The number of rotatable bonds is 3. The lowest BCUT2D eigenvalue weighted by molar-refractivity contribution is 0.0607. The van der Waals surface area contributed by atoms with Gasteiger partial charge in [-0.1, -0.05) is 12.7 Å². The van der Waals surface area contributed by atoms with Crippen molar-refractivity contribution in [2.45, 2.75) is 0 Å². The molecular formula is C7H12O7. The minimum Gasteiger partial charge on any atom is -0.449 e. The Morgan fingerprint density at radius 1 is 1.29 bits per heavy atom. The Hall–Kier alpha value is -1.60. The van der Waals surface area contributed by atoms with Crippen LogP contribution in [0.5, 0.6) is 0 Å². The van der Waals surface area contributed by atoms with Crippen molar-refractivity contribution in [1.29, 1.82) is 0 Å². The molecule has 3 N–H and O–H groups in total. The lowest BCUT2D eigenvalue weighted by atomic mass is 10.7. The average Bonchev–Trinajstić information content (AvgIpc) is 2.14. The fourth-order valence-corrected chi connectivity index (χ4v) is 0.228. The minimum absolute atomic E-state index is 0.0634. The van der Waals surface area contributed by atoms with Crippen LogP contribution in [0.25, 0.3) is 0 Å². The molecule has 0 amide bonds. The predicted molar refractivity (Wildman–Crippen MR) is 44.8 cm³/mol. The van der Waals surface area contributed by atoms with Crippen molar-refractivity contribution >= 4 is 12.3 Å². The van der Waals surface area contributed by atoms with Gasteiger partial charge in [-0.15, -0.1) is 0 Å². The molecule has 0 heterocycles. The van der Waals surface area contributed by atoms with E-state index in [1.54, 1.807) is 0 Å². The standard InChI is InChI=1S/C5H6O5.C2H6O2/c1-2-3-9-5(8)10-4(6)7;3-1-2-4/h2H,1,3H2,(H,6,7);3-4H,1-2H2. The first-order valence-corrected chi connectivity index (χ1v) is 3.48. The summed E-state index contributed by atoms with van der Waals surface area (Å²) in [6, 6.07) is 0. The molecule has 0 radical (unpaired) electrons. The van der Waals surface area contributed by atoms with Gasteiger partial charge in [0, 0.05) is 0 Å². The molecule has 0 aliphatic heterocycles. The highest BCUT2D eigenvalue weighted by Gasteiger charge is 2.07. The Labute approximate surface area is 80.2 Å². The van der Waals surface area contributed by atoms with Crippen LogP contribution in [0.4, 0.5) is 9.59 Å². The summed E-state index contributed by atoms with van der Waals surface area (Å²) in [6.45, 7) is 2.92. The van der Waals surface area contributed by atoms with Crippen LogP contribution in [0.1, 0.15) is 0 Å².